The maximum absolute atomic E-state index is 12.0. The standard InChI is InChI=1S/C27H46N8O2/c1-22(36)2-7-25(37)14-23-3-5-24(6-4-23)15-35-27-19-32-11-8-29-16-26(28,17-30-9-12-33-20-27)18-31-10-13-34-21-27/h2-7,29-35H,8-21,28H2,1H3/b7-2+. The Morgan fingerprint density at radius 2 is 1.19 bits per heavy atom. The van der Waals surface area contributed by atoms with E-state index in [4.69, 9.17) is 5.73 Å². The van der Waals surface area contributed by atoms with Gasteiger partial charge in [-0.2, -0.15) is 0 Å². The zero-order valence-corrected chi connectivity index (χ0v) is 22.3. The molecule has 3 aliphatic heterocycles. The molecule has 10 nitrogen and oxygen atoms in total. The van der Waals surface area contributed by atoms with Crippen molar-refractivity contribution in [1.29, 1.82) is 0 Å². The number of fused-ring (bicyclic) bond motifs is 15. The molecule has 1 aromatic carbocycles. The highest BCUT2D eigenvalue weighted by atomic mass is 16.1. The fraction of sp³-hybridized carbons (Fsp3) is 0.630. The minimum absolute atomic E-state index is 0.0711. The lowest BCUT2D eigenvalue weighted by Crippen LogP contribution is -2.66. The van der Waals surface area contributed by atoms with Gasteiger partial charge in [0.15, 0.2) is 11.6 Å². The van der Waals surface area contributed by atoms with Crippen molar-refractivity contribution in [2.45, 2.75) is 31.0 Å². The van der Waals surface area contributed by atoms with Crippen LogP contribution in [0.2, 0.25) is 0 Å². The maximum atomic E-state index is 12.0. The van der Waals surface area contributed by atoms with Crippen LogP contribution in [0, 0.1) is 0 Å². The predicted octanol–water partition coefficient (Wildman–Crippen LogP) is -1.97. The highest BCUT2D eigenvalue weighted by molar-refractivity contribution is 5.98. The van der Waals surface area contributed by atoms with Gasteiger partial charge < -0.3 is 43.0 Å². The Balaban J connectivity index is 1.64. The Bertz CT molecular complexity index is 830. The third-order valence-corrected chi connectivity index (χ3v) is 6.83. The summed E-state index contributed by atoms with van der Waals surface area (Å²) in [6.45, 7) is 12.0. The number of nitrogens with two attached hydrogens (primary N) is 1. The number of carbonyl (C=O) groups excluding carboxylic acids is 2. The molecule has 9 N–H and O–H groups in total. The molecule has 0 aromatic heterocycles. The SMILES string of the molecule is CC(=O)/C=C/C(=O)Cc1ccc(CNC23CNCCNCC(N)(CNCCNC2)CNCCNC3)cc1. The molecular weight excluding hydrogens is 468 g/mol. The van der Waals surface area contributed by atoms with Crippen LogP contribution in [0.25, 0.3) is 0 Å². The molecule has 3 aliphatic rings. The van der Waals surface area contributed by atoms with Gasteiger partial charge >= 0.3 is 0 Å². The molecule has 0 radical (unpaired) electrons. The highest BCUT2D eigenvalue weighted by Crippen LogP contribution is 2.10. The molecule has 3 fully saturated rings. The van der Waals surface area contributed by atoms with Gasteiger partial charge in [0.1, 0.15) is 0 Å². The van der Waals surface area contributed by atoms with Crippen LogP contribution in [0.3, 0.4) is 0 Å². The van der Waals surface area contributed by atoms with Gasteiger partial charge in [0, 0.05) is 91.5 Å². The van der Waals surface area contributed by atoms with Crippen LogP contribution in [0.4, 0.5) is 0 Å². The Morgan fingerprint density at radius 3 is 1.65 bits per heavy atom. The van der Waals surface area contributed by atoms with E-state index in [1.165, 1.54) is 19.1 Å². The van der Waals surface area contributed by atoms with Crippen molar-refractivity contribution in [3.05, 3.63) is 47.5 Å². The molecule has 37 heavy (non-hydrogen) atoms. The van der Waals surface area contributed by atoms with Crippen molar-refractivity contribution >= 4 is 11.6 Å². The van der Waals surface area contributed by atoms with Gasteiger partial charge in [-0.3, -0.25) is 9.59 Å². The van der Waals surface area contributed by atoms with E-state index in [0.717, 1.165) is 89.7 Å². The number of benzene rings is 1. The predicted molar refractivity (Wildman–Crippen MR) is 149 cm³/mol. The molecule has 0 atom stereocenters. The number of allylic oxidation sites excluding steroid dienone is 2. The van der Waals surface area contributed by atoms with Gasteiger partial charge in [0.05, 0.1) is 11.1 Å². The van der Waals surface area contributed by atoms with Crippen LogP contribution in [-0.4, -0.2) is 101 Å². The summed E-state index contributed by atoms with van der Waals surface area (Å²) in [4.78, 5) is 23.1. The van der Waals surface area contributed by atoms with Crippen molar-refractivity contribution in [3.63, 3.8) is 0 Å². The Kier molecular flexibility index (Phi) is 12.3. The summed E-state index contributed by atoms with van der Waals surface area (Å²) in [6, 6.07) is 8.12. The molecule has 0 amide bonds. The first kappa shape index (κ1) is 29.5. The number of rotatable bonds is 7. The van der Waals surface area contributed by atoms with E-state index < -0.39 is 0 Å². The molecule has 1 aromatic rings. The minimum Gasteiger partial charge on any atom is -0.322 e. The van der Waals surface area contributed by atoms with E-state index >= 15 is 0 Å². The van der Waals surface area contributed by atoms with Gasteiger partial charge in [-0.1, -0.05) is 24.3 Å². The molecule has 0 saturated carbocycles. The molecule has 0 spiro atoms. The molecule has 3 heterocycles. The summed E-state index contributed by atoms with van der Waals surface area (Å²) < 4.78 is 0. The smallest absolute Gasteiger partial charge is 0.160 e. The van der Waals surface area contributed by atoms with Gasteiger partial charge in [0.2, 0.25) is 0 Å². The van der Waals surface area contributed by atoms with Crippen molar-refractivity contribution in [3.8, 4) is 0 Å². The van der Waals surface area contributed by atoms with Gasteiger partial charge in [-0.25, -0.2) is 0 Å². The van der Waals surface area contributed by atoms with Crippen molar-refractivity contribution in [2.75, 3.05) is 78.5 Å². The van der Waals surface area contributed by atoms with Crippen LogP contribution in [0.15, 0.2) is 36.4 Å². The molecule has 3 saturated heterocycles. The van der Waals surface area contributed by atoms with Gasteiger partial charge in [-0.05, 0) is 30.2 Å². The molecule has 10 heteroatoms. The third-order valence-electron chi connectivity index (χ3n) is 6.83. The third kappa shape index (κ3) is 11.1. The van der Waals surface area contributed by atoms with E-state index in [1.807, 2.05) is 12.1 Å². The minimum atomic E-state index is -0.326. The highest BCUT2D eigenvalue weighted by Gasteiger charge is 2.30. The van der Waals surface area contributed by atoms with Crippen LogP contribution >= 0.6 is 0 Å². The normalized spacial score (nSPS) is 27.0. The first-order chi connectivity index (χ1) is 17.9. The lowest BCUT2D eigenvalue weighted by atomic mass is 9.97. The average molecular weight is 515 g/mol. The first-order valence-corrected chi connectivity index (χ1v) is 13.5. The summed E-state index contributed by atoms with van der Waals surface area (Å²) >= 11 is 0. The zero-order valence-electron chi connectivity index (χ0n) is 22.3. The topological polar surface area (TPSA) is 144 Å². The van der Waals surface area contributed by atoms with Gasteiger partial charge in [0.25, 0.3) is 0 Å². The second-order valence-electron chi connectivity index (χ2n) is 10.5. The lowest BCUT2D eigenvalue weighted by Gasteiger charge is -2.37. The van der Waals surface area contributed by atoms with Gasteiger partial charge in [-0.15, -0.1) is 0 Å². The summed E-state index contributed by atoms with van der Waals surface area (Å²) in [6.07, 6.45) is 2.97. The van der Waals surface area contributed by atoms with E-state index in [0.29, 0.717) is 13.0 Å². The summed E-state index contributed by atoms with van der Waals surface area (Å²) in [5.74, 6) is -0.192. The Labute approximate surface area is 221 Å². The fourth-order valence-corrected chi connectivity index (χ4v) is 4.62. The largest absolute Gasteiger partial charge is 0.322 e. The molecule has 206 valence electrons. The number of ketones is 2. The number of hydrogen-bond donors (Lipinski definition) is 8. The average Bonchev–Trinajstić information content (AvgIpc) is 2.88. The second kappa shape index (κ2) is 15.4. The van der Waals surface area contributed by atoms with Crippen LogP contribution in [-0.2, 0) is 22.6 Å². The summed E-state index contributed by atoms with van der Waals surface area (Å²) in [5, 5.41) is 25.3. The zero-order chi connectivity index (χ0) is 26.4. The molecule has 0 aliphatic carbocycles. The van der Waals surface area contributed by atoms with E-state index in [2.05, 4.69) is 49.4 Å². The van der Waals surface area contributed by atoms with E-state index in [-0.39, 0.29) is 22.6 Å². The summed E-state index contributed by atoms with van der Waals surface area (Å²) in [7, 11) is 0. The van der Waals surface area contributed by atoms with E-state index in [1.54, 1.807) is 0 Å². The van der Waals surface area contributed by atoms with Crippen LogP contribution in [0.5, 0.6) is 0 Å². The quantitative estimate of drug-likeness (QED) is 0.193. The van der Waals surface area contributed by atoms with Crippen molar-refractivity contribution < 1.29 is 9.59 Å². The van der Waals surface area contributed by atoms with E-state index in [9.17, 15) is 9.59 Å². The van der Waals surface area contributed by atoms with Crippen molar-refractivity contribution in [2.24, 2.45) is 5.73 Å². The molecule has 4 rings (SSSR count). The second-order valence-corrected chi connectivity index (χ2v) is 10.5. The number of nitrogens with one attached hydrogen (secondary N) is 7. The Hall–Kier alpha value is -2.02. The maximum Gasteiger partial charge on any atom is 0.160 e. The van der Waals surface area contributed by atoms with Crippen LogP contribution in [0.1, 0.15) is 18.1 Å². The summed E-state index contributed by atoms with van der Waals surface area (Å²) in [5.41, 5.74) is 8.28. The molecular formula is C27H46N8O2. The first-order valence-electron chi connectivity index (χ1n) is 13.5. The molecule has 0 unspecified atom stereocenters. The fourth-order valence-electron chi connectivity index (χ4n) is 4.62. The monoisotopic (exact) mass is 514 g/mol. The Morgan fingerprint density at radius 1 is 0.757 bits per heavy atom. The molecule has 2 bridgehead atoms. The van der Waals surface area contributed by atoms with Crippen molar-refractivity contribution in [1.82, 2.24) is 37.2 Å². The number of hydrogen-bond acceptors (Lipinski definition) is 10. The van der Waals surface area contributed by atoms with Crippen LogP contribution < -0.4 is 43.0 Å². The lowest BCUT2D eigenvalue weighted by molar-refractivity contribution is -0.115. The number of carbonyl (C=O) groups is 2.